The Hall–Kier alpha value is -3.32. The van der Waals surface area contributed by atoms with Crippen LogP contribution in [0.2, 0.25) is 0 Å². The Bertz CT molecular complexity index is 1230. The van der Waals surface area contributed by atoms with Gasteiger partial charge in [-0.1, -0.05) is 72.3 Å². The maximum absolute atomic E-state index is 3.56. The molecule has 0 saturated carbocycles. The molecule has 1 N–H and O–H groups in total. The second-order valence-corrected chi connectivity index (χ2v) is 6.85. The van der Waals surface area contributed by atoms with Crippen LogP contribution in [0.15, 0.2) is 91.0 Å². The highest BCUT2D eigenvalue weighted by Gasteiger charge is 2.11. The summed E-state index contributed by atoms with van der Waals surface area (Å²) in [4.78, 5) is 3.56. The largest absolute Gasteiger partial charge is 0.354 e. The molecule has 1 heterocycles. The zero-order valence-electron chi connectivity index (χ0n) is 14.7. The second-order valence-electron chi connectivity index (χ2n) is 6.85. The van der Waals surface area contributed by atoms with Crippen LogP contribution in [-0.2, 0) is 0 Å². The van der Waals surface area contributed by atoms with Gasteiger partial charge in [-0.25, -0.2) is 0 Å². The van der Waals surface area contributed by atoms with Gasteiger partial charge in [0.15, 0.2) is 0 Å². The molecule has 0 radical (unpaired) electrons. The first-order valence-corrected chi connectivity index (χ1v) is 8.96. The molecule has 5 rings (SSSR count). The van der Waals surface area contributed by atoms with Crippen molar-refractivity contribution < 1.29 is 0 Å². The standard InChI is InChI=1S/C25H19N/c1-17-13-14-23-22(15-17)25-21(11-6-12-24(25)26-23)20-10-5-9-19(16-20)18-7-3-2-4-8-18/h2-16,26H,1H3. The number of fused-ring (bicyclic) bond motifs is 3. The highest BCUT2D eigenvalue weighted by molar-refractivity contribution is 6.14. The summed E-state index contributed by atoms with van der Waals surface area (Å²) in [7, 11) is 0. The number of H-pyrrole nitrogens is 1. The summed E-state index contributed by atoms with van der Waals surface area (Å²) in [5.74, 6) is 0. The lowest BCUT2D eigenvalue weighted by atomic mass is 9.95. The van der Waals surface area contributed by atoms with Gasteiger partial charge in [-0.2, -0.15) is 0 Å². The van der Waals surface area contributed by atoms with Crippen molar-refractivity contribution in [2.75, 3.05) is 0 Å². The average molecular weight is 333 g/mol. The van der Waals surface area contributed by atoms with Crippen LogP contribution in [0.4, 0.5) is 0 Å². The van der Waals surface area contributed by atoms with Gasteiger partial charge in [-0.05, 0) is 53.4 Å². The maximum Gasteiger partial charge on any atom is 0.0471 e. The molecule has 0 saturated heterocycles. The summed E-state index contributed by atoms with van der Waals surface area (Å²) >= 11 is 0. The van der Waals surface area contributed by atoms with Gasteiger partial charge in [0.2, 0.25) is 0 Å². The van der Waals surface area contributed by atoms with Gasteiger partial charge in [-0.15, -0.1) is 0 Å². The van der Waals surface area contributed by atoms with Crippen LogP contribution >= 0.6 is 0 Å². The van der Waals surface area contributed by atoms with Gasteiger partial charge in [-0.3, -0.25) is 0 Å². The molecule has 0 unspecified atom stereocenters. The molecule has 0 fully saturated rings. The summed E-state index contributed by atoms with van der Waals surface area (Å²) in [6.45, 7) is 2.15. The fourth-order valence-corrected chi connectivity index (χ4v) is 3.80. The fourth-order valence-electron chi connectivity index (χ4n) is 3.80. The summed E-state index contributed by atoms with van der Waals surface area (Å²) in [5.41, 5.74) is 8.68. The zero-order valence-corrected chi connectivity index (χ0v) is 14.7. The Kier molecular flexibility index (Phi) is 3.39. The molecule has 1 heteroatoms. The van der Waals surface area contributed by atoms with E-state index in [9.17, 15) is 0 Å². The van der Waals surface area contributed by atoms with Crippen molar-refractivity contribution in [1.82, 2.24) is 4.98 Å². The molecule has 0 aliphatic rings. The summed E-state index contributed by atoms with van der Waals surface area (Å²) < 4.78 is 0. The van der Waals surface area contributed by atoms with E-state index in [1.165, 1.54) is 49.6 Å². The van der Waals surface area contributed by atoms with Crippen LogP contribution in [0.25, 0.3) is 44.1 Å². The van der Waals surface area contributed by atoms with Crippen LogP contribution in [0.5, 0.6) is 0 Å². The van der Waals surface area contributed by atoms with Crippen LogP contribution < -0.4 is 0 Å². The minimum absolute atomic E-state index is 1.19. The first kappa shape index (κ1) is 15.0. The maximum atomic E-state index is 3.56. The van der Waals surface area contributed by atoms with Gasteiger partial charge in [0, 0.05) is 21.8 Å². The topological polar surface area (TPSA) is 15.8 Å². The van der Waals surface area contributed by atoms with Crippen molar-refractivity contribution in [2.45, 2.75) is 6.92 Å². The lowest BCUT2D eigenvalue weighted by Crippen LogP contribution is -1.83. The number of rotatable bonds is 2. The molecule has 5 aromatic rings. The summed E-state index contributed by atoms with van der Waals surface area (Å²) in [6.07, 6.45) is 0. The molecule has 0 atom stereocenters. The summed E-state index contributed by atoms with van der Waals surface area (Å²) in [6, 6.07) is 32.5. The minimum Gasteiger partial charge on any atom is -0.354 e. The van der Waals surface area contributed by atoms with Crippen LogP contribution in [-0.4, -0.2) is 4.98 Å². The van der Waals surface area contributed by atoms with Crippen LogP contribution in [0.3, 0.4) is 0 Å². The predicted octanol–water partition coefficient (Wildman–Crippen LogP) is 6.96. The first-order valence-electron chi connectivity index (χ1n) is 8.96. The molecule has 0 aliphatic heterocycles. The molecule has 0 aliphatic carbocycles. The van der Waals surface area contributed by atoms with Crippen molar-refractivity contribution in [2.24, 2.45) is 0 Å². The van der Waals surface area contributed by atoms with Gasteiger partial charge in [0.05, 0.1) is 0 Å². The SMILES string of the molecule is Cc1ccc2[nH]c3cccc(-c4cccc(-c5ccccc5)c4)c3c2c1. The molecular weight excluding hydrogens is 314 g/mol. The smallest absolute Gasteiger partial charge is 0.0471 e. The zero-order chi connectivity index (χ0) is 17.5. The third-order valence-corrected chi connectivity index (χ3v) is 5.06. The van der Waals surface area contributed by atoms with E-state index >= 15 is 0 Å². The van der Waals surface area contributed by atoms with E-state index in [0.29, 0.717) is 0 Å². The van der Waals surface area contributed by atoms with Crippen molar-refractivity contribution >= 4 is 21.8 Å². The van der Waals surface area contributed by atoms with E-state index in [1.54, 1.807) is 0 Å². The van der Waals surface area contributed by atoms with E-state index in [0.717, 1.165) is 0 Å². The van der Waals surface area contributed by atoms with Crippen molar-refractivity contribution in [1.29, 1.82) is 0 Å². The molecule has 26 heavy (non-hydrogen) atoms. The third kappa shape index (κ3) is 2.41. The molecule has 0 spiro atoms. The minimum atomic E-state index is 1.19. The number of nitrogens with one attached hydrogen (secondary N) is 1. The highest BCUT2D eigenvalue weighted by atomic mass is 14.7. The average Bonchev–Trinajstić information content (AvgIpc) is 3.07. The second kappa shape index (κ2) is 5.89. The quantitative estimate of drug-likeness (QED) is 0.359. The Morgan fingerprint density at radius 3 is 2.23 bits per heavy atom. The van der Waals surface area contributed by atoms with Gasteiger partial charge < -0.3 is 4.98 Å². The predicted molar refractivity (Wildman–Crippen MR) is 111 cm³/mol. The normalized spacial score (nSPS) is 11.3. The lowest BCUT2D eigenvalue weighted by molar-refractivity contribution is 1.49. The van der Waals surface area contributed by atoms with Crippen LogP contribution in [0, 0.1) is 6.92 Å². The van der Waals surface area contributed by atoms with E-state index in [4.69, 9.17) is 0 Å². The fraction of sp³-hybridized carbons (Fsp3) is 0.0400. The number of benzene rings is 4. The van der Waals surface area contributed by atoms with Crippen molar-refractivity contribution in [3.63, 3.8) is 0 Å². The molecule has 0 amide bonds. The van der Waals surface area contributed by atoms with Crippen molar-refractivity contribution in [3.05, 3.63) is 96.6 Å². The molecule has 1 aromatic heterocycles. The van der Waals surface area contributed by atoms with E-state index < -0.39 is 0 Å². The monoisotopic (exact) mass is 333 g/mol. The molecular formula is C25H19N. The summed E-state index contributed by atoms with van der Waals surface area (Å²) in [5, 5.41) is 2.59. The first-order chi connectivity index (χ1) is 12.8. The molecule has 1 nitrogen and oxygen atoms in total. The highest BCUT2D eigenvalue weighted by Crippen LogP contribution is 2.36. The van der Waals surface area contributed by atoms with E-state index in [-0.39, 0.29) is 0 Å². The lowest BCUT2D eigenvalue weighted by Gasteiger charge is -2.08. The van der Waals surface area contributed by atoms with Gasteiger partial charge in [0.1, 0.15) is 0 Å². The van der Waals surface area contributed by atoms with E-state index in [2.05, 4.69) is 103 Å². The number of aromatic amines is 1. The molecule has 4 aromatic carbocycles. The molecule has 0 bridgehead atoms. The van der Waals surface area contributed by atoms with Gasteiger partial charge >= 0.3 is 0 Å². The number of hydrogen-bond donors (Lipinski definition) is 1. The number of aromatic nitrogens is 1. The van der Waals surface area contributed by atoms with E-state index in [1.807, 2.05) is 0 Å². The number of aryl methyl sites for hydroxylation is 1. The Morgan fingerprint density at radius 2 is 1.35 bits per heavy atom. The molecule has 124 valence electrons. The third-order valence-electron chi connectivity index (χ3n) is 5.06. The van der Waals surface area contributed by atoms with Crippen molar-refractivity contribution in [3.8, 4) is 22.3 Å². The number of hydrogen-bond acceptors (Lipinski definition) is 0. The van der Waals surface area contributed by atoms with Gasteiger partial charge in [0.25, 0.3) is 0 Å². The Balaban J connectivity index is 1.77. The Morgan fingerprint density at radius 1 is 0.577 bits per heavy atom. The van der Waals surface area contributed by atoms with Crippen LogP contribution in [0.1, 0.15) is 5.56 Å². The Labute approximate surface area is 152 Å².